The maximum atomic E-state index is 6.32. The molecule has 0 unspecified atom stereocenters. The van der Waals surface area contributed by atoms with E-state index in [9.17, 15) is 0 Å². The van der Waals surface area contributed by atoms with Crippen molar-refractivity contribution >= 4 is 34.6 Å². The highest BCUT2D eigenvalue weighted by Gasteiger charge is 2.32. The normalized spacial score (nSPS) is 15.2. The maximum absolute atomic E-state index is 6.32. The van der Waals surface area contributed by atoms with Crippen LogP contribution in [0.5, 0.6) is 17.2 Å². The fourth-order valence-electron chi connectivity index (χ4n) is 4.14. The first-order chi connectivity index (χ1) is 15.5. The monoisotopic (exact) mass is 471 g/mol. The van der Waals surface area contributed by atoms with Gasteiger partial charge in [0.15, 0.2) is 16.6 Å². The van der Waals surface area contributed by atoms with Crippen LogP contribution >= 0.6 is 23.8 Å². The summed E-state index contributed by atoms with van der Waals surface area (Å²) in [7, 11) is 4.84. The summed E-state index contributed by atoms with van der Waals surface area (Å²) in [6.45, 7) is 3.55. The molecule has 2 aromatic carbocycles. The Morgan fingerprint density at radius 2 is 1.75 bits per heavy atom. The fourth-order valence-corrected chi connectivity index (χ4v) is 4.62. The molecule has 1 atom stereocenters. The Hall–Kier alpha value is -2.90. The Morgan fingerprint density at radius 3 is 2.41 bits per heavy atom. The second-order valence-corrected chi connectivity index (χ2v) is 8.32. The van der Waals surface area contributed by atoms with Crippen molar-refractivity contribution in [3.8, 4) is 17.2 Å². The molecule has 0 radical (unpaired) electrons. The summed E-state index contributed by atoms with van der Waals surface area (Å²) in [6, 6.07) is 13.8. The first kappa shape index (κ1) is 22.3. The molecule has 0 spiro atoms. The molecule has 1 aliphatic heterocycles. The summed E-state index contributed by atoms with van der Waals surface area (Å²) in [6.07, 6.45) is 2.09. The lowest BCUT2D eigenvalue weighted by molar-refractivity contribution is 0.288. The van der Waals surface area contributed by atoms with E-state index in [1.165, 1.54) is 0 Å². The summed E-state index contributed by atoms with van der Waals surface area (Å²) in [4.78, 5) is 2.19. The number of benzene rings is 2. The molecule has 0 amide bonds. The number of ether oxygens (including phenoxy) is 3. The fraction of sp³-hybridized carbons (Fsp3) is 0.292. The lowest BCUT2D eigenvalue weighted by Gasteiger charge is -2.39. The van der Waals surface area contributed by atoms with Gasteiger partial charge in [0.05, 0.1) is 27.4 Å². The van der Waals surface area contributed by atoms with Crippen LogP contribution < -0.4 is 19.5 Å². The van der Waals surface area contributed by atoms with Crippen molar-refractivity contribution in [3.05, 3.63) is 70.5 Å². The highest BCUT2D eigenvalue weighted by atomic mass is 35.5. The second kappa shape index (κ2) is 9.30. The van der Waals surface area contributed by atoms with Gasteiger partial charge in [-0.25, -0.2) is 0 Å². The van der Waals surface area contributed by atoms with Crippen LogP contribution in [0.3, 0.4) is 0 Å². The van der Waals surface area contributed by atoms with Crippen molar-refractivity contribution in [2.24, 2.45) is 0 Å². The van der Waals surface area contributed by atoms with E-state index in [1.54, 1.807) is 21.3 Å². The SMILES string of the molecule is COc1cc([C@H]2c3cccn3CCN2C(=S)Nc2cccc(Cl)c2C)cc(OC)c1OC. The van der Waals surface area contributed by atoms with Gasteiger partial charge in [0.1, 0.15) is 0 Å². The van der Waals surface area contributed by atoms with Crippen LogP contribution in [0, 0.1) is 6.92 Å². The van der Waals surface area contributed by atoms with Crippen LogP contribution in [0.4, 0.5) is 5.69 Å². The van der Waals surface area contributed by atoms with Crippen LogP contribution in [0.1, 0.15) is 22.9 Å². The summed E-state index contributed by atoms with van der Waals surface area (Å²) in [5, 5.41) is 4.73. The van der Waals surface area contributed by atoms with E-state index in [2.05, 4.69) is 33.1 Å². The largest absolute Gasteiger partial charge is 0.493 e. The predicted octanol–water partition coefficient (Wildman–Crippen LogP) is 5.28. The number of rotatable bonds is 5. The van der Waals surface area contributed by atoms with Crippen LogP contribution in [0.15, 0.2) is 48.7 Å². The number of thiocarbonyl (C=S) groups is 1. The van der Waals surface area contributed by atoms with Crippen molar-refractivity contribution in [1.29, 1.82) is 0 Å². The van der Waals surface area contributed by atoms with E-state index in [4.69, 9.17) is 38.0 Å². The van der Waals surface area contributed by atoms with Crippen molar-refractivity contribution in [3.63, 3.8) is 0 Å². The number of hydrogen-bond donors (Lipinski definition) is 1. The van der Waals surface area contributed by atoms with Gasteiger partial charge in [0.25, 0.3) is 0 Å². The molecule has 8 heteroatoms. The van der Waals surface area contributed by atoms with E-state index >= 15 is 0 Å². The van der Waals surface area contributed by atoms with E-state index in [0.717, 1.165) is 35.6 Å². The van der Waals surface area contributed by atoms with Gasteiger partial charge in [-0.1, -0.05) is 17.7 Å². The van der Waals surface area contributed by atoms with E-state index in [-0.39, 0.29) is 6.04 Å². The summed E-state index contributed by atoms with van der Waals surface area (Å²) in [5.74, 6) is 1.77. The third-order valence-corrected chi connectivity index (χ3v) is 6.56. The van der Waals surface area contributed by atoms with Gasteiger partial charge in [-0.15, -0.1) is 0 Å². The average molecular weight is 472 g/mol. The number of anilines is 1. The smallest absolute Gasteiger partial charge is 0.203 e. The van der Waals surface area contributed by atoms with Gasteiger partial charge in [0.2, 0.25) is 5.75 Å². The maximum Gasteiger partial charge on any atom is 0.203 e. The molecule has 1 aliphatic rings. The third-order valence-electron chi connectivity index (χ3n) is 5.81. The minimum Gasteiger partial charge on any atom is -0.493 e. The van der Waals surface area contributed by atoms with Crippen LogP contribution in [-0.2, 0) is 6.54 Å². The van der Waals surface area contributed by atoms with E-state index in [1.807, 2.05) is 37.3 Å². The Balaban J connectivity index is 1.77. The van der Waals surface area contributed by atoms with Crippen molar-refractivity contribution < 1.29 is 14.2 Å². The zero-order valence-electron chi connectivity index (χ0n) is 18.5. The predicted molar refractivity (Wildman–Crippen MR) is 131 cm³/mol. The Labute approximate surface area is 198 Å². The van der Waals surface area contributed by atoms with Crippen molar-refractivity contribution in [2.75, 3.05) is 33.2 Å². The van der Waals surface area contributed by atoms with Crippen LogP contribution in [0.25, 0.3) is 0 Å². The number of halogens is 1. The van der Waals surface area contributed by atoms with Crippen LogP contribution in [0.2, 0.25) is 5.02 Å². The molecule has 6 nitrogen and oxygen atoms in total. The molecule has 3 aromatic rings. The Kier molecular flexibility index (Phi) is 6.48. The highest BCUT2D eigenvalue weighted by Crippen LogP contribution is 2.43. The summed E-state index contributed by atoms with van der Waals surface area (Å²) < 4.78 is 19.0. The second-order valence-electron chi connectivity index (χ2n) is 7.52. The van der Waals surface area contributed by atoms with E-state index in [0.29, 0.717) is 27.4 Å². The number of hydrogen-bond acceptors (Lipinski definition) is 4. The standard InChI is InChI=1S/C24H26ClN3O3S/c1-15-17(25)7-5-8-18(15)26-24(32)28-12-11-27-10-6-9-19(27)22(28)16-13-20(29-2)23(31-4)21(14-16)30-3/h5-10,13-14,22H,11-12H2,1-4H3,(H,26,32)/t22-/m0/s1. The topological polar surface area (TPSA) is 47.9 Å². The number of fused-ring (bicyclic) bond motifs is 1. The lowest BCUT2D eigenvalue weighted by atomic mass is 9.99. The molecule has 168 valence electrons. The number of methoxy groups -OCH3 is 3. The Bertz CT molecular complexity index is 1120. The van der Waals surface area contributed by atoms with Gasteiger partial charge in [-0.05, 0) is 66.7 Å². The lowest BCUT2D eigenvalue weighted by Crippen LogP contribution is -2.44. The molecular formula is C24H26ClN3O3S. The van der Waals surface area contributed by atoms with Crippen molar-refractivity contribution in [2.45, 2.75) is 19.5 Å². The molecule has 32 heavy (non-hydrogen) atoms. The first-order valence-corrected chi connectivity index (χ1v) is 11.0. The minimum atomic E-state index is -0.132. The summed E-state index contributed by atoms with van der Waals surface area (Å²) >= 11 is 12.2. The van der Waals surface area contributed by atoms with Crippen LogP contribution in [-0.4, -0.2) is 42.5 Å². The van der Waals surface area contributed by atoms with Gasteiger partial charge in [0, 0.05) is 35.7 Å². The quantitative estimate of drug-likeness (QED) is 0.511. The zero-order valence-corrected chi connectivity index (χ0v) is 20.1. The van der Waals surface area contributed by atoms with Gasteiger partial charge < -0.3 is 29.0 Å². The van der Waals surface area contributed by atoms with Gasteiger partial charge in [-0.2, -0.15) is 0 Å². The molecular weight excluding hydrogens is 446 g/mol. The number of aromatic nitrogens is 1. The van der Waals surface area contributed by atoms with Gasteiger partial charge >= 0.3 is 0 Å². The minimum absolute atomic E-state index is 0.132. The molecule has 0 saturated heterocycles. The molecule has 1 N–H and O–H groups in total. The number of nitrogens with one attached hydrogen (secondary N) is 1. The molecule has 0 saturated carbocycles. The zero-order chi connectivity index (χ0) is 22.8. The van der Waals surface area contributed by atoms with Gasteiger partial charge in [-0.3, -0.25) is 0 Å². The third kappa shape index (κ3) is 3.98. The highest BCUT2D eigenvalue weighted by molar-refractivity contribution is 7.80. The van der Waals surface area contributed by atoms with Crippen molar-refractivity contribution in [1.82, 2.24) is 9.47 Å². The Morgan fingerprint density at radius 1 is 1.03 bits per heavy atom. The number of nitrogens with zero attached hydrogens (tertiary/aromatic N) is 2. The first-order valence-electron chi connectivity index (χ1n) is 10.3. The van der Waals surface area contributed by atoms with E-state index < -0.39 is 0 Å². The molecule has 0 fully saturated rings. The molecule has 2 heterocycles. The molecule has 4 rings (SSSR count). The average Bonchev–Trinajstić information content (AvgIpc) is 3.29. The summed E-state index contributed by atoms with van der Waals surface area (Å²) in [5.41, 5.74) is 3.98. The molecule has 1 aromatic heterocycles. The molecule has 0 bridgehead atoms. The molecule has 0 aliphatic carbocycles.